The van der Waals surface area contributed by atoms with Crippen molar-refractivity contribution in [2.75, 3.05) is 18.4 Å². The maximum Gasteiger partial charge on any atom is 0.228 e. The summed E-state index contributed by atoms with van der Waals surface area (Å²) in [5, 5.41) is 3.11. The molecule has 1 aliphatic rings. The van der Waals surface area contributed by atoms with E-state index in [1.54, 1.807) is 0 Å². The molecule has 1 fully saturated rings. The molecular formula is C21H26N2O. The highest BCUT2D eigenvalue weighted by atomic mass is 16.1. The minimum Gasteiger partial charge on any atom is -0.325 e. The number of nitrogens with zero attached hydrogens (tertiary/aromatic N) is 1. The number of hydrogen-bond acceptors (Lipinski definition) is 2. The zero-order valence-electron chi connectivity index (χ0n) is 14.6. The van der Waals surface area contributed by atoms with Crippen LogP contribution in [0.2, 0.25) is 0 Å². The fourth-order valence-corrected chi connectivity index (χ4v) is 3.32. The normalized spacial score (nSPS) is 14.8. The van der Waals surface area contributed by atoms with Gasteiger partial charge in [0.25, 0.3) is 0 Å². The van der Waals surface area contributed by atoms with E-state index in [1.165, 1.54) is 29.5 Å². The Bertz CT molecular complexity index is 718. The van der Waals surface area contributed by atoms with Crippen LogP contribution in [0.3, 0.4) is 0 Å². The molecule has 3 nitrogen and oxygen atoms in total. The van der Waals surface area contributed by atoms with Crippen LogP contribution in [0.4, 0.5) is 5.69 Å². The van der Waals surface area contributed by atoms with E-state index >= 15 is 0 Å². The predicted molar refractivity (Wildman–Crippen MR) is 99.2 cm³/mol. The Morgan fingerprint density at radius 3 is 2.58 bits per heavy atom. The molecule has 2 aromatic carbocycles. The lowest BCUT2D eigenvalue weighted by Gasteiger charge is -2.18. The highest BCUT2D eigenvalue weighted by Gasteiger charge is 2.15. The van der Waals surface area contributed by atoms with Crippen molar-refractivity contribution in [1.82, 2.24) is 4.90 Å². The Hall–Kier alpha value is -2.13. The average Bonchev–Trinajstić information content (AvgIpc) is 3.06. The second kappa shape index (κ2) is 7.63. The van der Waals surface area contributed by atoms with Crippen molar-refractivity contribution in [2.45, 2.75) is 39.7 Å². The molecule has 0 bridgehead atoms. The predicted octanol–water partition coefficient (Wildman–Crippen LogP) is 4.08. The lowest BCUT2D eigenvalue weighted by atomic mass is 10.0. The quantitative estimate of drug-likeness (QED) is 0.899. The minimum atomic E-state index is 0.0533. The summed E-state index contributed by atoms with van der Waals surface area (Å²) in [6.07, 6.45) is 2.98. The van der Waals surface area contributed by atoms with Crippen molar-refractivity contribution in [3.8, 4) is 0 Å². The van der Waals surface area contributed by atoms with Gasteiger partial charge in [0.2, 0.25) is 5.91 Å². The second-order valence-electron chi connectivity index (χ2n) is 6.80. The summed E-state index contributed by atoms with van der Waals surface area (Å²) in [4.78, 5) is 15.0. The van der Waals surface area contributed by atoms with E-state index in [0.717, 1.165) is 30.9 Å². The van der Waals surface area contributed by atoms with Crippen molar-refractivity contribution in [3.63, 3.8) is 0 Å². The SMILES string of the molecule is Cc1ccc(C)c(CC(=O)Nc2ccccc2CN2CCCC2)c1. The monoisotopic (exact) mass is 322 g/mol. The number of amides is 1. The molecule has 1 amide bonds. The molecule has 0 atom stereocenters. The first kappa shape index (κ1) is 16.7. The first-order valence-electron chi connectivity index (χ1n) is 8.78. The zero-order chi connectivity index (χ0) is 16.9. The van der Waals surface area contributed by atoms with Crippen molar-refractivity contribution in [3.05, 3.63) is 64.7 Å². The van der Waals surface area contributed by atoms with Gasteiger partial charge in [-0.3, -0.25) is 9.69 Å². The lowest BCUT2D eigenvalue weighted by molar-refractivity contribution is -0.115. The Kier molecular flexibility index (Phi) is 5.31. The van der Waals surface area contributed by atoms with Crippen LogP contribution in [-0.2, 0) is 17.8 Å². The molecule has 0 spiro atoms. The molecule has 1 heterocycles. The van der Waals surface area contributed by atoms with Gasteiger partial charge in [0.15, 0.2) is 0 Å². The molecule has 1 aliphatic heterocycles. The van der Waals surface area contributed by atoms with Crippen molar-refractivity contribution in [2.24, 2.45) is 0 Å². The van der Waals surface area contributed by atoms with Gasteiger partial charge in [0.1, 0.15) is 0 Å². The number of benzene rings is 2. The van der Waals surface area contributed by atoms with Gasteiger partial charge in [0, 0.05) is 12.2 Å². The summed E-state index contributed by atoms with van der Waals surface area (Å²) in [7, 11) is 0. The summed E-state index contributed by atoms with van der Waals surface area (Å²) in [5.74, 6) is 0.0533. The van der Waals surface area contributed by atoms with Crippen LogP contribution in [0, 0.1) is 13.8 Å². The summed E-state index contributed by atoms with van der Waals surface area (Å²) in [6, 6.07) is 14.4. The Balaban J connectivity index is 1.68. The van der Waals surface area contributed by atoms with Gasteiger partial charge < -0.3 is 5.32 Å². The van der Waals surface area contributed by atoms with E-state index in [9.17, 15) is 4.79 Å². The molecule has 1 N–H and O–H groups in total. The number of carbonyl (C=O) groups excluding carboxylic acids is 1. The highest BCUT2D eigenvalue weighted by molar-refractivity contribution is 5.93. The third-order valence-corrected chi connectivity index (χ3v) is 4.74. The summed E-state index contributed by atoms with van der Waals surface area (Å²) in [5.41, 5.74) is 5.61. The summed E-state index contributed by atoms with van der Waals surface area (Å²) >= 11 is 0. The van der Waals surface area contributed by atoms with Gasteiger partial charge in [-0.2, -0.15) is 0 Å². The molecule has 3 heteroatoms. The van der Waals surface area contributed by atoms with Crippen LogP contribution in [0.1, 0.15) is 35.1 Å². The molecule has 1 saturated heterocycles. The fourth-order valence-electron chi connectivity index (χ4n) is 3.32. The number of carbonyl (C=O) groups is 1. The Labute approximate surface area is 144 Å². The summed E-state index contributed by atoms with van der Waals surface area (Å²) < 4.78 is 0. The topological polar surface area (TPSA) is 32.3 Å². The van der Waals surface area contributed by atoms with E-state index < -0.39 is 0 Å². The molecule has 0 radical (unpaired) electrons. The largest absolute Gasteiger partial charge is 0.325 e. The highest BCUT2D eigenvalue weighted by Crippen LogP contribution is 2.20. The van der Waals surface area contributed by atoms with Gasteiger partial charge >= 0.3 is 0 Å². The number of likely N-dealkylation sites (tertiary alicyclic amines) is 1. The van der Waals surface area contributed by atoms with E-state index in [4.69, 9.17) is 0 Å². The maximum absolute atomic E-state index is 12.5. The third-order valence-electron chi connectivity index (χ3n) is 4.74. The molecule has 0 aromatic heterocycles. The molecule has 0 aliphatic carbocycles. The third kappa shape index (κ3) is 4.24. The van der Waals surface area contributed by atoms with Crippen molar-refractivity contribution < 1.29 is 4.79 Å². The minimum absolute atomic E-state index is 0.0533. The van der Waals surface area contributed by atoms with Crippen LogP contribution >= 0.6 is 0 Å². The standard InChI is InChI=1S/C21H26N2O/c1-16-9-10-17(2)19(13-16)14-21(24)22-20-8-4-3-7-18(20)15-23-11-5-6-12-23/h3-4,7-10,13H,5-6,11-12,14-15H2,1-2H3,(H,22,24). The molecule has 2 aromatic rings. The second-order valence-corrected chi connectivity index (χ2v) is 6.80. The van der Waals surface area contributed by atoms with Gasteiger partial charge in [-0.15, -0.1) is 0 Å². The first-order chi connectivity index (χ1) is 11.6. The molecular weight excluding hydrogens is 296 g/mol. The fraction of sp³-hybridized carbons (Fsp3) is 0.381. The van der Waals surface area contributed by atoms with Crippen LogP contribution in [-0.4, -0.2) is 23.9 Å². The number of para-hydroxylation sites is 1. The van der Waals surface area contributed by atoms with E-state index in [-0.39, 0.29) is 5.91 Å². The van der Waals surface area contributed by atoms with E-state index in [2.05, 4.69) is 48.3 Å². The number of nitrogens with one attached hydrogen (secondary N) is 1. The molecule has 3 rings (SSSR count). The van der Waals surface area contributed by atoms with Gasteiger partial charge in [-0.05, 0) is 62.5 Å². The van der Waals surface area contributed by atoms with Gasteiger partial charge in [0.05, 0.1) is 6.42 Å². The number of aryl methyl sites for hydroxylation is 2. The van der Waals surface area contributed by atoms with Crippen molar-refractivity contribution in [1.29, 1.82) is 0 Å². The van der Waals surface area contributed by atoms with Crippen LogP contribution in [0.15, 0.2) is 42.5 Å². The first-order valence-corrected chi connectivity index (χ1v) is 8.78. The number of anilines is 1. The lowest BCUT2D eigenvalue weighted by Crippen LogP contribution is -2.21. The van der Waals surface area contributed by atoms with Crippen LogP contribution in [0.25, 0.3) is 0 Å². The molecule has 126 valence electrons. The Morgan fingerprint density at radius 2 is 1.79 bits per heavy atom. The smallest absolute Gasteiger partial charge is 0.228 e. The van der Waals surface area contributed by atoms with E-state index in [1.807, 2.05) is 18.2 Å². The van der Waals surface area contributed by atoms with E-state index in [0.29, 0.717) is 6.42 Å². The summed E-state index contributed by atoms with van der Waals surface area (Å²) in [6.45, 7) is 7.35. The van der Waals surface area contributed by atoms with Crippen LogP contribution < -0.4 is 5.32 Å². The average molecular weight is 322 g/mol. The number of hydrogen-bond donors (Lipinski definition) is 1. The number of rotatable bonds is 5. The Morgan fingerprint density at radius 1 is 1.04 bits per heavy atom. The zero-order valence-corrected chi connectivity index (χ0v) is 14.6. The van der Waals surface area contributed by atoms with Gasteiger partial charge in [-0.25, -0.2) is 0 Å². The van der Waals surface area contributed by atoms with Crippen LogP contribution in [0.5, 0.6) is 0 Å². The van der Waals surface area contributed by atoms with Crippen molar-refractivity contribution >= 4 is 11.6 Å². The molecule has 0 unspecified atom stereocenters. The van der Waals surface area contributed by atoms with Gasteiger partial charge in [-0.1, -0.05) is 42.0 Å². The maximum atomic E-state index is 12.5. The molecule has 0 saturated carbocycles. The molecule has 24 heavy (non-hydrogen) atoms.